The molecule has 0 amide bonds. The van der Waals surface area contributed by atoms with Crippen molar-refractivity contribution in [1.82, 2.24) is 0 Å². The van der Waals surface area contributed by atoms with E-state index >= 15 is 0 Å². The van der Waals surface area contributed by atoms with E-state index in [9.17, 15) is 9.90 Å². The number of ketones is 1. The number of aliphatic hydroxyl groups is 2. The van der Waals surface area contributed by atoms with Gasteiger partial charge in [-0.25, -0.2) is 0 Å². The Balaban J connectivity index is 2.19. The zero-order valence-corrected chi connectivity index (χ0v) is 8.85. The summed E-state index contributed by atoms with van der Waals surface area (Å²) in [6, 6.07) is 0. The molecule has 0 aromatic heterocycles. The summed E-state index contributed by atoms with van der Waals surface area (Å²) in [5.41, 5.74) is 0.723. The topological polar surface area (TPSA) is 57.5 Å². The zero-order valence-electron chi connectivity index (χ0n) is 8.85. The normalized spacial score (nSPS) is 21.3. The maximum atomic E-state index is 11.3. The van der Waals surface area contributed by atoms with Gasteiger partial charge in [0, 0.05) is 13.0 Å². The zero-order chi connectivity index (χ0) is 11.1. The second-order valence-corrected chi connectivity index (χ2v) is 3.78. The number of allylic oxidation sites excluding steroid dienone is 3. The molecule has 1 atom stereocenters. The van der Waals surface area contributed by atoms with E-state index in [0.29, 0.717) is 6.42 Å². The lowest BCUT2D eigenvalue weighted by atomic mass is 10.1. The second kappa shape index (κ2) is 6.53. The first-order valence-electron chi connectivity index (χ1n) is 5.42. The van der Waals surface area contributed by atoms with Crippen molar-refractivity contribution in [2.45, 2.75) is 38.2 Å². The van der Waals surface area contributed by atoms with E-state index in [1.807, 2.05) is 12.2 Å². The van der Waals surface area contributed by atoms with Crippen LogP contribution in [0.4, 0.5) is 0 Å². The van der Waals surface area contributed by atoms with Gasteiger partial charge in [-0.1, -0.05) is 12.2 Å². The number of hydrogen-bond donors (Lipinski definition) is 2. The monoisotopic (exact) mass is 210 g/mol. The first-order chi connectivity index (χ1) is 7.24. The van der Waals surface area contributed by atoms with E-state index in [0.717, 1.165) is 24.8 Å². The number of rotatable bonds is 6. The highest BCUT2D eigenvalue weighted by Crippen LogP contribution is 2.18. The Hall–Kier alpha value is -0.930. The van der Waals surface area contributed by atoms with Crippen LogP contribution in [0.3, 0.4) is 0 Å². The van der Waals surface area contributed by atoms with Crippen LogP contribution in [0.25, 0.3) is 0 Å². The van der Waals surface area contributed by atoms with Crippen molar-refractivity contribution in [2.75, 3.05) is 6.61 Å². The summed E-state index contributed by atoms with van der Waals surface area (Å²) in [5, 5.41) is 17.7. The predicted octanol–water partition coefficient (Wildman–Crippen LogP) is 1.36. The highest BCUT2D eigenvalue weighted by molar-refractivity contribution is 5.98. The van der Waals surface area contributed by atoms with Crippen LogP contribution in [0.2, 0.25) is 0 Å². The fourth-order valence-corrected chi connectivity index (χ4v) is 1.59. The molecule has 3 nitrogen and oxygen atoms in total. The minimum Gasteiger partial charge on any atom is -0.396 e. The molecule has 1 unspecified atom stereocenters. The molecule has 0 fully saturated rings. The number of unbranched alkanes of at least 4 members (excludes halogenated alkanes) is 2. The predicted molar refractivity (Wildman–Crippen MR) is 58.4 cm³/mol. The van der Waals surface area contributed by atoms with Gasteiger partial charge in [0.1, 0.15) is 0 Å². The van der Waals surface area contributed by atoms with Gasteiger partial charge in [-0.05, 0) is 37.3 Å². The van der Waals surface area contributed by atoms with E-state index in [1.165, 1.54) is 0 Å². The summed E-state index contributed by atoms with van der Waals surface area (Å²) < 4.78 is 0. The SMILES string of the molecule is O=C1CC(O)C=C1CC=CCCCCO. The lowest BCUT2D eigenvalue weighted by Gasteiger charge is -1.94. The van der Waals surface area contributed by atoms with Crippen LogP contribution in [-0.2, 0) is 4.79 Å². The van der Waals surface area contributed by atoms with Gasteiger partial charge in [0.15, 0.2) is 5.78 Å². The maximum Gasteiger partial charge on any atom is 0.161 e. The molecular weight excluding hydrogens is 192 g/mol. The van der Waals surface area contributed by atoms with Crippen molar-refractivity contribution in [2.24, 2.45) is 0 Å². The molecule has 84 valence electrons. The molecule has 0 radical (unpaired) electrons. The molecule has 1 rings (SSSR count). The highest BCUT2D eigenvalue weighted by Gasteiger charge is 2.20. The molecule has 15 heavy (non-hydrogen) atoms. The Labute approximate surface area is 90.1 Å². The Morgan fingerprint density at radius 3 is 2.80 bits per heavy atom. The standard InChI is InChI=1S/C12H18O3/c13-7-5-3-1-2-4-6-10-8-11(14)9-12(10)15/h2,4,8,11,13-14H,1,3,5-7,9H2. The third kappa shape index (κ3) is 4.40. The van der Waals surface area contributed by atoms with Crippen LogP contribution in [-0.4, -0.2) is 28.7 Å². The first-order valence-corrected chi connectivity index (χ1v) is 5.42. The van der Waals surface area contributed by atoms with Crippen molar-refractivity contribution >= 4 is 5.78 Å². The lowest BCUT2D eigenvalue weighted by molar-refractivity contribution is -0.115. The summed E-state index contributed by atoms with van der Waals surface area (Å²) in [5.74, 6) is 0.0579. The average Bonchev–Trinajstić information content (AvgIpc) is 2.51. The number of hydrogen-bond acceptors (Lipinski definition) is 3. The van der Waals surface area contributed by atoms with Gasteiger partial charge in [-0.3, -0.25) is 4.79 Å². The van der Waals surface area contributed by atoms with Crippen LogP contribution in [0.15, 0.2) is 23.8 Å². The van der Waals surface area contributed by atoms with Crippen LogP contribution in [0.5, 0.6) is 0 Å². The van der Waals surface area contributed by atoms with Crippen LogP contribution in [0, 0.1) is 0 Å². The van der Waals surface area contributed by atoms with E-state index in [-0.39, 0.29) is 18.8 Å². The van der Waals surface area contributed by atoms with Gasteiger partial charge in [0.25, 0.3) is 0 Å². The van der Waals surface area contributed by atoms with Crippen LogP contribution in [0.1, 0.15) is 32.1 Å². The highest BCUT2D eigenvalue weighted by atomic mass is 16.3. The van der Waals surface area contributed by atoms with E-state index < -0.39 is 6.10 Å². The molecule has 0 aromatic carbocycles. The van der Waals surface area contributed by atoms with Crippen LogP contribution >= 0.6 is 0 Å². The van der Waals surface area contributed by atoms with Crippen molar-refractivity contribution in [3.05, 3.63) is 23.8 Å². The molecule has 0 aromatic rings. The Bertz CT molecular complexity index is 266. The first kappa shape index (κ1) is 12.1. The molecular formula is C12H18O3. The summed E-state index contributed by atoms with van der Waals surface area (Å²) in [7, 11) is 0. The fraction of sp³-hybridized carbons (Fsp3) is 0.583. The third-order valence-electron chi connectivity index (χ3n) is 2.43. The minimum absolute atomic E-state index is 0.0579. The summed E-state index contributed by atoms with van der Waals surface area (Å²) in [6.45, 7) is 0.240. The van der Waals surface area contributed by atoms with Gasteiger partial charge < -0.3 is 10.2 Å². The molecule has 0 spiro atoms. The molecule has 0 saturated heterocycles. The average molecular weight is 210 g/mol. The molecule has 1 aliphatic carbocycles. The summed E-state index contributed by atoms with van der Waals surface area (Å²) in [6.07, 6.45) is 8.64. The smallest absolute Gasteiger partial charge is 0.161 e. The van der Waals surface area contributed by atoms with Gasteiger partial charge in [0.2, 0.25) is 0 Å². The maximum absolute atomic E-state index is 11.3. The van der Waals surface area contributed by atoms with Crippen molar-refractivity contribution in [3.8, 4) is 0 Å². The second-order valence-electron chi connectivity index (χ2n) is 3.78. The number of aliphatic hydroxyl groups excluding tert-OH is 2. The van der Waals surface area contributed by atoms with Crippen LogP contribution < -0.4 is 0 Å². The Kier molecular flexibility index (Phi) is 5.29. The van der Waals surface area contributed by atoms with Crippen molar-refractivity contribution in [3.63, 3.8) is 0 Å². The molecule has 2 N–H and O–H groups in total. The third-order valence-corrected chi connectivity index (χ3v) is 2.43. The van der Waals surface area contributed by atoms with E-state index in [1.54, 1.807) is 6.08 Å². The van der Waals surface area contributed by atoms with Gasteiger partial charge in [-0.2, -0.15) is 0 Å². The Morgan fingerprint density at radius 2 is 2.20 bits per heavy atom. The molecule has 0 heterocycles. The largest absolute Gasteiger partial charge is 0.396 e. The fourth-order valence-electron chi connectivity index (χ4n) is 1.59. The molecule has 0 aliphatic heterocycles. The number of carbonyl (C=O) groups is 1. The van der Waals surface area contributed by atoms with Gasteiger partial charge in [0.05, 0.1) is 6.10 Å². The molecule has 3 heteroatoms. The van der Waals surface area contributed by atoms with E-state index in [4.69, 9.17) is 5.11 Å². The van der Waals surface area contributed by atoms with Gasteiger partial charge >= 0.3 is 0 Å². The summed E-state index contributed by atoms with van der Waals surface area (Å²) in [4.78, 5) is 11.3. The van der Waals surface area contributed by atoms with E-state index in [2.05, 4.69) is 0 Å². The summed E-state index contributed by atoms with van der Waals surface area (Å²) >= 11 is 0. The molecule has 0 bridgehead atoms. The van der Waals surface area contributed by atoms with Crippen molar-refractivity contribution < 1.29 is 15.0 Å². The van der Waals surface area contributed by atoms with Gasteiger partial charge in [-0.15, -0.1) is 0 Å². The lowest BCUT2D eigenvalue weighted by Crippen LogP contribution is -2.00. The molecule has 1 aliphatic rings. The number of Topliss-reactive ketones (excluding diaryl/α,β-unsaturated/α-hetero) is 1. The minimum atomic E-state index is -0.574. The number of carbonyl (C=O) groups excluding carboxylic acids is 1. The van der Waals surface area contributed by atoms with Crippen molar-refractivity contribution in [1.29, 1.82) is 0 Å². The molecule has 0 saturated carbocycles. The Morgan fingerprint density at radius 1 is 1.40 bits per heavy atom. The quantitative estimate of drug-likeness (QED) is 0.514.